The van der Waals surface area contributed by atoms with Gasteiger partial charge in [0.15, 0.2) is 0 Å². The third-order valence-electron chi connectivity index (χ3n) is 1.86. The topological polar surface area (TPSA) is 95.5 Å². The van der Waals surface area contributed by atoms with E-state index < -0.39 is 15.8 Å². The highest BCUT2D eigenvalue weighted by molar-refractivity contribution is 7.90. The van der Waals surface area contributed by atoms with Crippen molar-refractivity contribution in [3.8, 4) is 0 Å². The maximum atomic E-state index is 11.4. The van der Waals surface area contributed by atoms with Gasteiger partial charge >= 0.3 is 5.97 Å². The van der Waals surface area contributed by atoms with Gasteiger partial charge in [-0.25, -0.2) is 23.2 Å². The van der Waals surface area contributed by atoms with Crippen LogP contribution in [0.25, 0.3) is 0 Å². The first-order valence-electron chi connectivity index (χ1n) is 4.53. The van der Waals surface area contributed by atoms with Crippen molar-refractivity contribution >= 4 is 15.8 Å². The fourth-order valence-corrected chi connectivity index (χ4v) is 1.62. The summed E-state index contributed by atoms with van der Waals surface area (Å²) in [6, 6.07) is 0. The minimum atomic E-state index is -3.52. The Morgan fingerprint density at radius 3 is 2.53 bits per heavy atom. The number of rotatable bonds is 4. The summed E-state index contributed by atoms with van der Waals surface area (Å²) in [5.74, 6) is -0.642. The fraction of sp³-hybridized carbons (Fsp3) is 0.444. The van der Waals surface area contributed by atoms with Gasteiger partial charge in [0.2, 0.25) is 15.0 Å². The van der Waals surface area contributed by atoms with Crippen molar-refractivity contribution in [1.82, 2.24) is 9.97 Å². The number of nitrogens with zero attached hydrogens (tertiary/aromatic N) is 2. The second kappa shape index (κ2) is 5.19. The molecule has 17 heavy (non-hydrogen) atoms. The Kier molecular flexibility index (Phi) is 4.13. The molecule has 0 aliphatic heterocycles. The van der Waals surface area contributed by atoms with Gasteiger partial charge in [-0.3, -0.25) is 0 Å². The molecule has 7 nitrogen and oxygen atoms in total. The lowest BCUT2D eigenvalue weighted by Gasteiger charge is -2.06. The lowest BCUT2D eigenvalue weighted by Crippen LogP contribution is -2.13. The first kappa shape index (κ1) is 13.5. The van der Waals surface area contributed by atoms with E-state index in [0.29, 0.717) is 0 Å². The predicted octanol–water partition coefficient (Wildman–Crippen LogP) is -0.187. The molecule has 0 unspecified atom stereocenters. The highest BCUT2D eigenvalue weighted by Crippen LogP contribution is 2.11. The average molecular weight is 260 g/mol. The van der Waals surface area contributed by atoms with Crippen LogP contribution in [0.15, 0.2) is 11.4 Å². The van der Waals surface area contributed by atoms with E-state index in [2.05, 4.69) is 14.7 Å². The molecule has 94 valence electrons. The molecule has 0 bridgehead atoms. The van der Waals surface area contributed by atoms with Gasteiger partial charge in [-0.05, 0) is 0 Å². The molecule has 8 heteroatoms. The summed E-state index contributed by atoms with van der Waals surface area (Å²) in [5, 5.41) is -0.350. The zero-order valence-electron chi connectivity index (χ0n) is 9.63. The third kappa shape index (κ3) is 3.21. The minimum absolute atomic E-state index is 0.00449. The SMILES string of the molecule is COCc1nc(S(C)(=O)=O)ncc1C(=O)OC. The van der Waals surface area contributed by atoms with Gasteiger partial charge in [0.05, 0.1) is 19.4 Å². The van der Waals surface area contributed by atoms with Crippen LogP contribution in [0.1, 0.15) is 16.1 Å². The van der Waals surface area contributed by atoms with Crippen molar-refractivity contribution in [1.29, 1.82) is 0 Å². The van der Waals surface area contributed by atoms with Crippen LogP contribution in [-0.4, -0.2) is 44.8 Å². The van der Waals surface area contributed by atoms with Crippen LogP contribution < -0.4 is 0 Å². The van der Waals surface area contributed by atoms with Gasteiger partial charge in [0.1, 0.15) is 5.56 Å². The molecule has 0 N–H and O–H groups in total. The van der Waals surface area contributed by atoms with Crippen molar-refractivity contribution < 1.29 is 22.7 Å². The van der Waals surface area contributed by atoms with Crippen LogP contribution in [0, 0.1) is 0 Å². The zero-order valence-corrected chi connectivity index (χ0v) is 10.4. The van der Waals surface area contributed by atoms with E-state index in [0.717, 1.165) is 12.5 Å². The van der Waals surface area contributed by atoms with Gasteiger partial charge in [-0.1, -0.05) is 0 Å². The van der Waals surface area contributed by atoms with Crippen LogP contribution in [0.3, 0.4) is 0 Å². The molecule has 1 rings (SSSR count). The predicted molar refractivity (Wildman–Crippen MR) is 57.2 cm³/mol. The monoisotopic (exact) mass is 260 g/mol. The molecular formula is C9H12N2O5S. The van der Waals surface area contributed by atoms with E-state index >= 15 is 0 Å². The Morgan fingerprint density at radius 1 is 1.41 bits per heavy atom. The maximum absolute atomic E-state index is 11.4. The highest BCUT2D eigenvalue weighted by atomic mass is 32.2. The molecular weight excluding hydrogens is 248 g/mol. The van der Waals surface area contributed by atoms with Gasteiger partial charge in [-0.2, -0.15) is 0 Å². The average Bonchev–Trinajstić information content (AvgIpc) is 2.27. The second-order valence-corrected chi connectivity index (χ2v) is 5.12. The summed E-state index contributed by atoms with van der Waals surface area (Å²) in [6.07, 6.45) is 2.10. The minimum Gasteiger partial charge on any atom is -0.465 e. The van der Waals surface area contributed by atoms with Crippen LogP contribution in [0.2, 0.25) is 0 Å². The van der Waals surface area contributed by atoms with Crippen molar-refractivity contribution in [3.63, 3.8) is 0 Å². The second-order valence-electron chi connectivity index (χ2n) is 3.21. The van der Waals surface area contributed by atoms with Crippen LogP contribution in [0.4, 0.5) is 0 Å². The summed E-state index contributed by atoms with van der Waals surface area (Å²) >= 11 is 0. The first-order valence-corrected chi connectivity index (χ1v) is 6.42. The summed E-state index contributed by atoms with van der Waals surface area (Å²) in [7, 11) is -0.905. The van der Waals surface area contributed by atoms with Crippen LogP contribution >= 0.6 is 0 Å². The Bertz CT molecular complexity index is 526. The fourth-order valence-electron chi connectivity index (χ4n) is 1.10. The number of hydrogen-bond donors (Lipinski definition) is 0. The standard InChI is InChI=1S/C9H12N2O5S/c1-15-5-7-6(8(12)16-2)4-10-9(11-7)17(3,13)14/h4H,5H2,1-3H3. The highest BCUT2D eigenvalue weighted by Gasteiger charge is 2.18. The van der Waals surface area contributed by atoms with Gasteiger partial charge < -0.3 is 9.47 Å². The van der Waals surface area contributed by atoms with E-state index in [1.165, 1.54) is 14.2 Å². The van der Waals surface area contributed by atoms with E-state index in [4.69, 9.17) is 4.74 Å². The summed E-state index contributed by atoms with van der Waals surface area (Å²) in [6.45, 7) is -0.00449. The summed E-state index contributed by atoms with van der Waals surface area (Å²) in [4.78, 5) is 18.7. The Labute approximate surface area is 98.7 Å². The number of sulfone groups is 1. The molecule has 0 aliphatic rings. The lowest BCUT2D eigenvalue weighted by atomic mass is 10.2. The van der Waals surface area contributed by atoms with Gasteiger partial charge in [0, 0.05) is 19.6 Å². The summed E-state index contributed by atoms with van der Waals surface area (Å²) in [5.41, 5.74) is 0.261. The van der Waals surface area contributed by atoms with Gasteiger partial charge in [0.25, 0.3) is 0 Å². The largest absolute Gasteiger partial charge is 0.465 e. The van der Waals surface area contributed by atoms with Crippen LogP contribution in [-0.2, 0) is 25.9 Å². The van der Waals surface area contributed by atoms with Crippen molar-refractivity contribution in [2.75, 3.05) is 20.5 Å². The molecule has 0 amide bonds. The summed E-state index contributed by atoms with van der Waals surface area (Å²) < 4.78 is 31.9. The lowest BCUT2D eigenvalue weighted by molar-refractivity contribution is 0.0593. The third-order valence-corrected chi connectivity index (χ3v) is 2.72. The molecule has 0 aromatic carbocycles. The molecule has 0 spiro atoms. The molecule has 0 fully saturated rings. The molecule has 0 radical (unpaired) electrons. The van der Waals surface area contributed by atoms with E-state index in [1.807, 2.05) is 0 Å². The molecule has 1 aromatic rings. The number of hydrogen-bond acceptors (Lipinski definition) is 7. The molecule has 0 saturated heterocycles. The van der Waals surface area contributed by atoms with Crippen molar-refractivity contribution in [3.05, 3.63) is 17.5 Å². The number of esters is 1. The first-order chi connectivity index (χ1) is 7.90. The maximum Gasteiger partial charge on any atom is 0.341 e. The molecule has 0 atom stereocenters. The Balaban J connectivity index is 3.31. The zero-order chi connectivity index (χ0) is 13.1. The van der Waals surface area contributed by atoms with E-state index in [-0.39, 0.29) is 23.0 Å². The number of aromatic nitrogens is 2. The smallest absolute Gasteiger partial charge is 0.341 e. The normalized spacial score (nSPS) is 11.2. The number of carbonyl (C=O) groups is 1. The molecule has 0 saturated carbocycles. The Morgan fingerprint density at radius 2 is 2.06 bits per heavy atom. The van der Waals surface area contributed by atoms with E-state index in [1.54, 1.807) is 0 Å². The number of methoxy groups -OCH3 is 2. The quantitative estimate of drug-likeness (QED) is 0.547. The molecule has 1 aromatic heterocycles. The van der Waals surface area contributed by atoms with Crippen molar-refractivity contribution in [2.24, 2.45) is 0 Å². The molecule has 0 aliphatic carbocycles. The van der Waals surface area contributed by atoms with Gasteiger partial charge in [-0.15, -0.1) is 0 Å². The number of carbonyl (C=O) groups excluding carboxylic acids is 1. The Hall–Kier alpha value is -1.54. The van der Waals surface area contributed by atoms with Crippen molar-refractivity contribution in [2.45, 2.75) is 11.8 Å². The van der Waals surface area contributed by atoms with E-state index in [9.17, 15) is 13.2 Å². The number of ether oxygens (including phenoxy) is 2. The molecule has 1 heterocycles. The van der Waals surface area contributed by atoms with Crippen LogP contribution in [0.5, 0.6) is 0 Å².